The maximum atomic E-state index is 13.3. The molecule has 0 spiro atoms. The molecule has 1 unspecified atom stereocenters. The Balaban J connectivity index is 1.50. The van der Waals surface area contributed by atoms with Gasteiger partial charge in [0.15, 0.2) is 11.5 Å². The van der Waals surface area contributed by atoms with Crippen LogP contribution >= 0.6 is 23.5 Å². The molecule has 0 fully saturated rings. The molecule has 36 heavy (non-hydrogen) atoms. The molecule has 0 aromatic heterocycles. The van der Waals surface area contributed by atoms with Crippen LogP contribution in [0.5, 0.6) is 23.0 Å². The van der Waals surface area contributed by atoms with Crippen molar-refractivity contribution in [2.45, 2.75) is 22.8 Å². The van der Waals surface area contributed by atoms with Crippen LogP contribution in [-0.2, 0) is 4.79 Å². The monoisotopic (exact) mass is 524 g/mol. The summed E-state index contributed by atoms with van der Waals surface area (Å²) in [6, 6.07) is 18.7. The molecule has 0 saturated heterocycles. The maximum absolute atomic E-state index is 13.3. The third kappa shape index (κ3) is 6.27. The SMILES string of the molecule is C=Nc1ccc2c(c1SCNC(=O)C(Oc1ccc(OC)cc1)c1ccc(SCC)cc1)OCCO2. The lowest BCUT2D eigenvalue weighted by atomic mass is 10.1. The minimum Gasteiger partial charge on any atom is -0.497 e. The number of methoxy groups -OCH3 is 1. The van der Waals surface area contributed by atoms with Gasteiger partial charge in [0.2, 0.25) is 6.10 Å². The first-order valence-electron chi connectivity index (χ1n) is 11.5. The smallest absolute Gasteiger partial charge is 0.266 e. The number of nitrogens with zero attached hydrogens (tertiary/aromatic N) is 1. The molecule has 0 radical (unpaired) electrons. The van der Waals surface area contributed by atoms with Crippen molar-refractivity contribution in [2.75, 3.05) is 32.0 Å². The number of benzene rings is 3. The van der Waals surface area contributed by atoms with Gasteiger partial charge in [0.25, 0.3) is 5.91 Å². The van der Waals surface area contributed by atoms with E-state index in [0.717, 1.165) is 21.1 Å². The lowest BCUT2D eigenvalue weighted by Crippen LogP contribution is -2.32. The molecule has 1 heterocycles. The second kappa shape index (κ2) is 12.6. The zero-order valence-electron chi connectivity index (χ0n) is 20.2. The van der Waals surface area contributed by atoms with Crippen molar-refractivity contribution in [2.24, 2.45) is 4.99 Å². The highest BCUT2D eigenvalue weighted by Crippen LogP contribution is 2.45. The lowest BCUT2D eigenvalue weighted by Gasteiger charge is -2.22. The molecule has 188 valence electrons. The Bertz CT molecular complexity index is 1190. The summed E-state index contributed by atoms with van der Waals surface area (Å²) in [7, 11) is 1.61. The Morgan fingerprint density at radius 3 is 2.44 bits per heavy atom. The summed E-state index contributed by atoms with van der Waals surface area (Å²) in [4.78, 5) is 19.4. The molecule has 9 heteroatoms. The number of ether oxygens (including phenoxy) is 4. The van der Waals surface area contributed by atoms with E-state index in [9.17, 15) is 4.79 Å². The van der Waals surface area contributed by atoms with Gasteiger partial charge in [0.05, 0.1) is 23.6 Å². The Kier molecular flexibility index (Phi) is 9.02. The number of carbonyl (C=O) groups is 1. The van der Waals surface area contributed by atoms with Crippen molar-refractivity contribution in [3.63, 3.8) is 0 Å². The summed E-state index contributed by atoms with van der Waals surface area (Å²) in [5.41, 5.74) is 1.43. The standard InChI is InChI=1S/C27H28N2O5S2/c1-4-35-21-11-5-18(6-12-21)24(34-20-9-7-19(31-3)8-10-20)27(30)29-17-36-26-22(28-2)13-14-23-25(26)33-16-15-32-23/h5-14,24H,2,4,15-17H2,1,3H3,(H,29,30). The number of carbonyl (C=O) groups excluding carboxylic acids is 1. The Labute approximate surface area is 219 Å². The Morgan fingerprint density at radius 1 is 1.03 bits per heavy atom. The van der Waals surface area contributed by atoms with Crippen LogP contribution < -0.4 is 24.3 Å². The van der Waals surface area contributed by atoms with Crippen LogP contribution in [0.15, 0.2) is 75.4 Å². The fourth-order valence-electron chi connectivity index (χ4n) is 3.58. The minimum absolute atomic E-state index is 0.260. The number of rotatable bonds is 11. The summed E-state index contributed by atoms with van der Waals surface area (Å²) in [5, 5.41) is 2.98. The second-order valence-electron chi connectivity index (χ2n) is 7.60. The molecule has 3 aromatic rings. The van der Waals surface area contributed by atoms with Gasteiger partial charge in [-0.05, 0) is 61.0 Å². The number of hydrogen-bond acceptors (Lipinski definition) is 8. The van der Waals surface area contributed by atoms with E-state index in [1.165, 1.54) is 11.8 Å². The van der Waals surface area contributed by atoms with Gasteiger partial charge in [-0.2, -0.15) is 0 Å². The molecule has 0 aliphatic carbocycles. The molecule has 4 rings (SSSR count). The fourth-order valence-corrected chi connectivity index (χ4v) is 5.18. The molecule has 1 N–H and O–H groups in total. The van der Waals surface area contributed by atoms with Crippen molar-refractivity contribution < 1.29 is 23.7 Å². The van der Waals surface area contributed by atoms with Gasteiger partial charge in [-0.25, -0.2) is 0 Å². The normalized spacial score (nSPS) is 12.9. The zero-order valence-corrected chi connectivity index (χ0v) is 21.8. The summed E-state index contributed by atoms with van der Waals surface area (Å²) in [6.07, 6.45) is -0.832. The van der Waals surface area contributed by atoms with Crippen LogP contribution in [0, 0.1) is 0 Å². The van der Waals surface area contributed by atoms with E-state index in [2.05, 4.69) is 24.0 Å². The molecule has 3 aromatic carbocycles. The Morgan fingerprint density at radius 2 is 1.75 bits per heavy atom. The number of fused-ring (bicyclic) bond motifs is 1. The average molecular weight is 525 g/mol. The van der Waals surface area contributed by atoms with Crippen LogP contribution in [0.3, 0.4) is 0 Å². The second-order valence-corrected chi connectivity index (χ2v) is 9.92. The molecule has 0 saturated carbocycles. The van der Waals surface area contributed by atoms with E-state index >= 15 is 0 Å². The average Bonchev–Trinajstić information content (AvgIpc) is 2.92. The van der Waals surface area contributed by atoms with E-state index in [0.29, 0.717) is 41.9 Å². The topological polar surface area (TPSA) is 78.4 Å². The molecule has 1 aliphatic rings. The molecular weight excluding hydrogens is 496 g/mol. The highest BCUT2D eigenvalue weighted by atomic mass is 32.2. The molecule has 1 aliphatic heterocycles. The highest BCUT2D eigenvalue weighted by molar-refractivity contribution is 7.99. The number of aliphatic imine (C=N–C) groups is 1. The summed E-state index contributed by atoms with van der Waals surface area (Å²) >= 11 is 3.14. The lowest BCUT2D eigenvalue weighted by molar-refractivity contribution is -0.127. The predicted molar refractivity (Wildman–Crippen MR) is 145 cm³/mol. The minimum atomic E-state index is -0.832. The van der Waals surface area contributed by atoms with Gasteiger partial charge < -0.3 is 24.3 Å². The first-order valence-corrected chi connectivity index (χ1v) is 13.4. The van der Waals surface area contributed by atoms with E-state index in [-0.39, 0.29) is 11.8 Å². The summed E-state index contributed by atoms with van der Waals surface area (Å²) < 4.78 is 22.9. The molecular formula is C27H28N2O5S2. The van der Waals surface area contributed by atoms with E-state index in [4.69, 9.17) is 18.9 Å². The van der Waals surface area contributed by atoms with Crippen molar-refractivity contribution in [3.05, 3.63) is 66.2 Å². The van der Waals surface area contributed by atoms with Crippen LogP contribution in [0.4, 0.5) is 5.69 Å². The fraction of sp³-hybridized carbons (Fsp3) is 0.259. The molecule has 0 bridgehead atoms. The molecule has 1 atom stereocenters. The first kappa shape index (κ1) is 25.8. The number of hydrogen-bond donors (Lipinski definition) is 1. The van der Waals surface area contributed by atoms with Gasteiger partial charge in [-0.1, -0.05) is 30.8 Å². The predicted octanol–water partition coefficient (Wildman–Crippen LogP) is 5.90. The van der Waals surface area contributed by atoms with E-state index < -0.39 is 6.10 Å². The van der Waals surface area contributed by atoms with Gasteiger partial charge in [0, 0.05) is 10.5 Å². The Hall–Kier alpha value is -3.30. The van der Waals surface area contributed by atoms with Crippen molar-refractivity contribution in [1.29, 1.82) is 0 Å². The van der Waals surface area contributed by atoms with Crippen LogP contribution in [0.25, 0.3) is 0 Å². The van der Waals surface area contributed by atoms with Crippen molar-refractivity contribution in [1.82, 2.24) is 5.32 Å². The molecule has 7 nitrogen and oxygen atoms in total. The van der Waals surface area contributed by atoms with Gasteiger partial charge in [0.1, 0.15) is 24.7 Å². The maximum Gasteiger partial charge on any atom is 0.266 e. The first-order chi connectivity index (χ1) is 17.6. The third-order valence-electron chi connectivity index (χ3n) is 5.32. The summed E-state index contributed by atoms with van der Waals surface area (Å²) in [6.45, 7) is 6.71. The molecule has 1 amide bonds. The van der Waals surface area contributed by atoms with E-state index in [1.807, 2.05) is 36.4 Å². The third-order valence-corrected chi connectivity index (χ3v) is 7.19. The highest BCUT2D eigenvalue weighted by Gasteiger charge is 2.24. The van der Waals surface area contributed by atoms with Gasteiger partial charge in [-0.15, -0.1) is 11.8 Å². The van der Waals surface area contributed by atoms with Crippen LogP contribution in [-0.4, -0.2) is 44.6 Å². The number of thioether (sulfide) groups is 2. The van der Waals surface area contributed by atoms with Crippen LogP contribution in [0.1, 0.15) is 18.6 Å². The summed E-state index contributed by atoms with van der Waals surface area (Å²) in [5.74, 6) is 3.56. The number of amides is 1. The van der Waals surface area contributed by atoms with Crippen molar-refractivity contribution in [3.8, 4) is 23.0 Å². The zero-order chi connectivity index (χ0) is 25.3. The number of nitrogens with one attached hydrogen (secondary N) is 1. The van der Waals surface area contributed by atoms with Crippen molar-refractivity contribution >= 4 is 41.8 Å². The largest absolute Gasteiger partial charge is 0.497 e. The van der Waals surface area contributed by atoms with E-state index in [1.54, 1.807) is 43.1 Å². The van der Waals surface area contributed by atoms with Gasteiger partial charge in [-0.3, -0.25) is 9.79 Å². The quantitative estimate of drug-likeness (QED) is 0.190. The van der Waals surface area contributed by atoms with Gasteiger partial charge >= 0.3 is 0 Å². The van der Waals surface area contributed by atoms with Crippen LogP contribution in [0.2, 0.25) is 0 Å².